The van der Waals surface area contributed by atoms with Crippen LogP contribution in [0.4, 0.5) is 0 Å². The predicted molar refractivity (Wildman–Crippen MR) is 77.5 cm³/mol. The van der Waals surface area contributed by atoms with E-state index in [0.717, 1.165) is 11.1 Å². The molecule has 6 nitrogen and oxygen atoms in total. The van der Waals surface area contributed by atoms with Gasteiger partial charge in [-0.2, -0.15) is 0 Å². The Balaban J connectivity index is 1.53. The molecule has 108 valence electrons. The van der Waals surface area contributed by atoms with E-state index in [1.54, 1.807) is 12.1 Å². The number of nitrogens with zero attached hydrogens (tertiary/aromatic N) is 4. The molecule has 2 heterocycles. The Morgan fingerprint density at radius 2 is 1.09 bits per heavy atom. The van der Waals surface area contributed by atoms with Crippen LogP contribution < -0.4 is 0 Å². The van der Waals surface area contributed by atoms with Crippen LogP contribution in [0.15, 0.2) is 59.0 Å². The van der Waals surface area contributed by atoms with Crippen LogP contribution in [-0.4, -0.2) is 21.8 Å². The van der Waals surface area contributed by atoms with Crippen molar-refractivity contribution in [1.29, 1.82) is 0 Å². The van der Waals surface area contributed by atoms with Crippen molar-refractivity contribution in [3.05, 3.63) is 70.8 Å². The molecule has 0 spiro atoms. The average molecular weight is 292 g/mol. The second-order valence-electron chi connectivity index (χ2n) is 5.22. The molecule has 0 bridgehead atoms. The number of amides is 2. The van der Waals surface area contributed by atoms with Crippen LogP contribution in [0.5, 0.6) is 0 Å². The molecule has 2 aromatic rings. The predicted octanol–water partition coefficient (Wildman–Crippen LogP) is 2.58. The van der Waals surface area contributed by atoms with E-state index in [2.05, 4.69) is 10.4 Å². The quantitative estimate of drug-likeness (QED) is 0.798. The fraction of sp³-hybridized carbons (Fsp3) is 0.125. The molecule has 0 atom stereocenters. The lowest BCUT2D eigenvalue weighted by molar-refractivity contribution is 0.0679. The van der Waals surface area contributed by atoms with Gasteiger partial charge in [-0.3, -0.25) is 9.59 Å². The van der Waals surface area contributed by atoms with E-state index in [1.165, 1.54) is 10.0 Å². The van der Waals surface area contributed by atoms with Crippen molar-refractivity contribution in [1.82, 2.24) is 10.0 Å². The molecule has 0 saturated heterocycles. The topological polar surface area (TPSA) is 65.3 Å². The van der Waals surface area contributed by atoms with Gasteiger partial charge in [-0.15, -0.1) is 0 Å². The summed E-state index contributed by atoms with van der Waals surface area (Å²) < 4.78 is 0. The van der Waals surface area contributed by atoms with Crippen LogP contribution in [0.2, 0.25) is 0 Å². The molecule has 0 fully saturated rings. The highest BCUT2D eigenvalue weighted by Crippen LogP contribution is 2.25. The molecule has 0 aliphatic carbocycles. The van der Waals surface area contributed by atoms with Gasteiger partial charge in [-0.1, -0.05) is 36.4 Å². The number of hydrogen-bond acceptors (Lipinski definition) is 4. The highest BCUT2D eigenvalue weighted by Gasteiger charge is 2.30. The van der Waals surface area contributed by atoms with Crippen molar-refractivity contribution in [2.24, 2.45) is 10.4 Å². The van der Waals surface area contributed by atoms with Gasteiger partial charge < -0.3 is 0 Å². The molecule has 2 aromatic carbocycles. The fourth-order valence-electron chi connectivity index (χ4n) is 2.72. The van der Waals surface area contributed by atoms with Crippen molar-refractivity contribution < 1.29 is 9.59 Å². The molecule has 6 heteroatoms. The standard InChI is InChI=1S/C16H12N4O2/c21-15-13-7-3-1-5-11(13)9-19(15)17-18-20-10-12-6-2-4-8-14(12)16(20)22/h1-8H,9-10H2/b18-17+. The Bertz CT molecular complexity index is 748. The van der Waals surface area contributed by atoms with Crippen LogP contribution in [0, 0.1) is 0 Å². The number of fused-ring (bicyclic) bond motifs is 2. The molecule has 0 N–H and O–H groups in total. The van der Waals surface area contributed by atoms with Crippen molar-refractivity contribution in [2.45, 2.75) is 13.1 Å². The summed E-state index contributed by atoms with van der Waals surface area (Å²) in [5.74, 6) is -0.382. The summed E-state index contributed by atoms with van der Waals surface area (Å²) in [6.07, 6.45) is 0. The van der Waals surface area contributed by atoms with Gasteiger partial charge in [0.25, 0.3) is 11.8 Å². The number of hydrogen-bond donors (Lipinski definition) is 0. The van der Waals surface area contributed by atoms with E-state index < -0.39 is 0 Å². The summed E-state index contributed by atoms with van der Waals surface area (Å²) >= 11 is 0. The minimum Gasteiger partial charge on any atom is -0.267 e. The second-order valence-corrected chi connectivity index (χ2v) is 5.22. The van der Waals surface area contributed by atoms with Gasteiger partial charge in [-0.25, -0.2) is 10.0 Å². The average Bonchev–Trinajstić information content (AvgIpc) is 3.04. The second kappa shape index (κ2) is 4.77. The molecular weight excluding hydrogens is 280 g/mol. The van der Waals surface area contributed by atoms with Gasteiger partial charge >= 0.3 is 0 Å². The molecular formula is C16H12N4O2. The molecule has 0 radical (unpaired) electrons. The molecule has 22 heavy (non-hydrogen) atoms. The highest BCUT2D eigenvalue weighted by molar-refractivity contribution is 5.98. The Morgan fingerprint density at radius 1 is 0.682 bits per heavy atom. The molecule has 0 aromatic heterocycles. The van der Waals surface area contributed by atoms with Crippen molar-refractivity contribution in [3.63, 3.8) is 0 Å². The number of carbonyl (C=O) groups is 2. The maximum Gasteiger partial charge on any atom is 0.276 e. The summed E-state index contributed by atoms with van der Waals surface area (Å²) in [6.45, 7) is 0.765. The Labute approximate surface area is 126 Å². The maximum absolute atomic E-state index is 12.2. The lowest BCUT2D eigenvalue weighted by Crippen LogP contribution is -2.21. The SMILES string of the molecule is O=C1c2ccccc2CN1/N=N/N1Cc2ccccc2C1=O. The zero-order valence-electron chi connectivity index (χ0n) is 11.6. The molecule has 0 unspecified atom stereocenters. The van der Waals surface area contributed by atoms with Crippen molar-refractivity contribution in [2.75, 3.05) is 0 Å². The highest BCUT2D eigenvalue weighted by atomic mass is 16.2. The number of benzene rings is 2. The van der Waals surface area contributed by atoms with Gasteiger partial charge in [0.2, 0.25) is 0 Å². The fourth-order valence-corrected chi connectivity index (χ4v) is 2.72. The first kappa shape index (κ1) is 12.7. The first-order chi connectivity index (χ1) is 10.7. The third kappa shape index (κ3) is 1.88. The zero-order chi connectivity index (χ0) is 15.1. The van der Waals surface area contributed by atoms with E-state index >= 15 is 0 Å². The van der Waals surface area contributed by atoms with Gasteiger partial charge in [0.15, 0.2) is 0 Å². The number of carbonyl (C=O) groups excluding carboxylic acids is 2. The first-order valence-corrected chi connectivity index (χ1v) is 6.95. The molecule has 2 amide bonds. The van der Waals surface area contributed by atoms with Gasteiger partial charge in [0.1, 0.15) is 0 Å². The van der Waals surface area contributed by atoms with Crippen LogP contribution in [0.3, 0.4) is 0 Å². The summed E-state index contributed by atoms with van der Waals surface area (Å²) in [5.41, 5.74) is 3.11. The van der Waals surface area contributed by atoms with Gasteiger partial charge in [0.05, 0.1) is 13.1 Å². The van der Waals surface area contributed by atoms with Crippen LogP contribution in [-0.2, 0) is 13.1 Å². The first-order valence-electron chi connectivity index (χ1n) is 6.95. The monoisotopic (exact) mass is 292 g/mol. The molecule has 2 aliphatic rings. The molecule has 2 aliphatic heterocycles. The van der Waals surface area contributed by atoms with E-state index in [9.17, 15) is 9.59 Å². The van der Waals surface area contributed by atoms with E-state index in [4.69, 9.17) is 0 Å². The zero-order valence-corrected chi connectivity index (χ0v) is 11.6. The minimum atomic E-state index is -0.191. The van der Waals surface area contributed by atoms with Gasteiger partial charge in [-0.05, 0) is 33.7 Å². The van der Waals surface area contributed by atoms with E-state index in [-0.39, 0.29) is 11.8 Å². The molecule has 4 rings (SSSR count). The van der Waals surface area contributed by atoms with E-state index in [1.807, 2.05) is 36.4 Å². The Morgan fingerprint density at radius 3 is 1.50 bits per heavy atom. The van der Waals surface area contributed by atoms with Crippen LogP contribution in [0.1, 0.15) is 31.8 Å². The molecule has 0 saturated carbocycles. The van der Waals surface area contributed by atoms with Crippen molar-refractivity contribution >= 4 is 11.8 Å². The Hall–Kier alpha value is -3.02. The maximum atomic E-state index is 12.2. The Kier molecular flexibility index (Phi) is 2.75. The number of rotatable bonds is 2. The lowest BCUT2D eigenvalue weighted by Gasteiger charge is -2.10. The summed E-state index contributed by atoms with van der Waals surface area (Å²) in [5, 5.41) is 10.5. The smallest absolute Gasteiger partial charge is 0.267 e. The van der Waals surface area contributed by atoms with Crippen LogP contribution >= 0.6 is 0 Å². The third-order valence-corrected chi connectivity index (χ3v) is 3.86. The minimum absolute atomic E-state index is 0.191. The summed E-state index contributed by atoms with van der Waals surface area (Å²) in [6, 6.07) is 14.7. The largest absolute Gasteiger partial charge is 0.276 e. The lowest BCUT2D eigenvalue weighted by atomic mass is 10.1. The van der Waals surface area contributed by atoms with Crippen LogP contribution in [0.25, 0.3) is 0 Å². The third-order valence-electron chi connectivity index (χ3n) is 3.86. The summed E-state index contributed by atoms with van der Waals surface area (Å²) in [7, 11) is 0. The van der Waals surface area contributed by atoms with Crippen molar-refractivity contribution in [3.8, 4) is 0 Å². The normalized spacial score (nSPS) is 16.5. The van der Waals surface area contributed by atoms with Gasteiger partial charge in [0, 0.05) is 11.1 Å². The summed E-state index contributed by atoms with van der Waals surface area (Å²) in [4.78, 5) is 24.3. The van der Waals surface area contributed by atoms with E-state index in [0.29, 0.717) is 24.2 Å².